The molecule has 0 unspecified atom stereocenters. The van der Waals surface area contributed by atoms with Gasteiger partial charge < -0.3 is 4.57 Å². The van der Waals surface area contributed by atoms with Gasteiger partial charge >= 0.3 is 0 Å². The van der Waals surface area contributed by atoms with Crippen LogP contribution in [0, 0.1) is 5.92 Å². The van der Waals surface area contributed by atoms with Gasteiger partial charge in [0.1, 0.15) is 10.7 Å². The SMILES string of the molecule is O=S(=O)(NC[C@@H]1CCc2nccn2C1)c1cc(Cl)ccc1Cl. The predicted octanol–water partition coefficient (Wildman–Crippen LogP) is 2.73. The van der Waals surface area contributed by atoms with Gasteiger partial charge in [-0.2, -0.15) is 0 Å². The van der Waals surface area contributed by atoms with E-state index in [0.29, 0.717) is 11.6 Å². The molecule has 0 bridgehead atoms. The molecule has 1 aromatic heterocycles. The van der Waals surface area contributed by atoms with E-state index >= 15 is 0 Å². The van der Waals surface area contributed by atoms with Crippen molar-refractivity contribution >= 4 is 33.2 Å². The molecule has 22 heavy (non-hydrogen) atoms. The maximum Gasteiger partial charge on any atom is 0.242 e. The summed E-state index contributed by atoms with van der Waals surface area (Å²) in [6.07, 6.45) is 5.46. The van der Waals surface area contributed by atoms with E-state index in [9.17, 15) is 8.42 Å². The summed E-state index contributed by atoms with van der Waals surface area (Å²) >= 11 is 11.8. The Morgan fingerprint density at radius 1 is 1.36 bits per heavy atom. The van der Waals surface area contributed by atoms with E-state index in [4.69, 9.17) is 23.2 Å². The number of benzene rings is 1. The van der Waals surface area contributed by atoms with Crippen LogP contribution in [0.3, 0.4) is 0 Å². The first-order chi connectivity index (χ1) is 10.5. The number of halogens is 2. The van der Waals surface area contributed by atoms with Crippen molar-refractivity contribution in [1.82, 2.24) is 14.3 Å². The van der Waals surface area contributed by atoms with Crippen LogP contribution in [0.2, 0.25) is 10.0 Å². The minimum absolute atomic E-state index is 0.0146. The van der Waals surface area contributed by atoms with Crippen LogP contribution >= 0.6 is 23.2 Å². The van der Waals surface area contributed by atoms with Crippen molar-refractivity contribution in [2.75, 3.05) is 6.54 Å². The lowest BCUT2D eigenvalue weighted by molar-refractivity contribution is 0.363. The maximum absolute atomic E-state index is 12.4. The summed E-state index contributed by atoms with van der Waals surface area (Å²) in [7, 11) is -3.67. The van der Waals surface area contributed by atoms with Crippen LogP contribution in [-0.2, 0) is 23.0 Å². The Labute approximate surface area is 139 Å². The summed E-state index contributed by atoms with van der Waals surface area (Å²) in [5.74, 6) is 1.28. The largest absolute Gasteiger partial charge is 0.335 e. The summed E-state index contributed by atoms with van der Waals surface area (Å²) in [6, 6.07) is 4.41. The summed E-state index contributed by atoms with van der Waals surface area (Å²) in [5, 5.41) is 0.503. The monoisotopic (exact) mass is 359 g/mol. The molecule has 1 N–H and O–H groups in total. The van der Waals surface area contributed by atoms with Crippen LogP contribution in [0.15, 0.2) is 35.5 Å². The van der Waals surface area contributed by atoms with Gasteiger partial charge in [0, 0.05) is 36.9 Å². The zero-order valence-electron chi connectivity index (χ0n) is 11.7. The molecule has 8 heteroatoms. The van der Waals surface area contributed by atoms with Gasteiger partial charge in [-0.1, -0.05) is 23.2 Å². The minimum Gasteiger partial charge on any atom is -0.335 e. The quantitative estimate of drug-likeness (QED) is 0.912. The Bertz CT molecular complexity index is 789. The molecule has 2 aromatic rings. The molecule has 0 aliphatic carbocycles. The molecular formula is C14H15Cl2N3O2S. The number of hydrogen-bond acceptors (Lipinski definition) is 3. The van der Waals surface area contributed by atoms with Gasteiger partial charge in [-0.05, 0) is 30.5 Å². The second kappa shape index (κ2) is 6.20. The lowest BCUT2D eigenvalue weighted by Gasteiger charge is -2.24. The van der Waals surface area contributed by atoms with Gasteiger partial charge in [-0.15, -0.1) is 0 Å². The topological polar surface area (TPSA) is 64.0 Å². The third-order valence-electron chi connectivity index (χ3n) is 3.78. The zero-order valence-corrected chi connectivity index (χ0v) is 14.0. The number of hydrogen-bond donors (Lipinski definition) is 1. The summed E-state index contributed by atoms with van der Waals surface area (Å²) in [6.45, 7) is 1.13. The van der Waals surface area contributed by atoms with Crippen LogP contribution in [0.25, 0.3) is 0 Å². The van der Waals surface area contributed by atoms with E-state index in [-0.39, 0.29) is 15.8 Å². The first-order valence-corrected chi connectivity index (χ1v) is 9.14. The van der Waals surface area contributed by atoms with Crippen molar-refractivity contribution in [1.29, 1.82) is 0 Å². The van der Waals surface area contributed by atoms with E-state index < -0.39 is 10.0 Å². The van der Waals surface area contributed by atoms with Gasteiger partial charge in [0.2, 0.25) is 10.0 Å². The molecule has 0 amide bonds. The highest BCUT2D eigenvalue weighted by molar-refractivity contribution is 7.89. The number of fused-ring (bicyclic) bond motifs is 1. The van der Waals surface area contributed by atoms with Crippen molar-refractivity contribution in [3.8, 4) is 0 Å². The number of imidazole rings is 1. The molecule has 5 nitrogen and oxygen atoms in total. The smallest absolute Gasteiger partial charge is 0.242 e. The molecular weight excluding hydrogens is 345 g/mol. The average Bonchev–Trinajstić information content (AvgIpc) is 2.95. The highest BCUT2D eigenvalue weighted by Crippen LogP contribution is 2.25. The average molecular weight is 360 g/mol. The molecule has 1 aliphatic heterocycles. The summed E-state index contributed by atoms with van der Waals surface area (Å²) in [5.41, 5.74) is 0. The fraction of sp³-hybridized carbons (Fsp3) is 0.357. The molecule has 0 saturated carbocycles. The van der Waals surface area contributed by atoms with E-state index in [0.717, 1.165) is 25.2 Å². The molecule has 0 saturated heterocycles. The Kier molecular flexibility index (Phi) is 4.45. The standard InChI is InChI=1S/C14H15Cl2N3O2S/c15-11-2-3-12(16)13(7-11)22(20,21)18-8-10-1-4-14-17-5-6-19(14)9-10/h2-3,5-7,10,18H,1,4,8-9H2/t10-/m0/s1. The Morgan fingerprint density at radius 2 is 2.18 bits per heavy atom. The van der Waals surface area contributed by atoms with Gasteiger partial charge in [0.05, 0.1) is 5.02 Å². The summed E-state index contributed by atoms with van der Waals surface area (Å²) in [4.78, 5) is 4.28. The predicted molar refractivity (Wildman–Crippen MR) is 85.7 cm³/mol. The normalized spacial score (nSPS) is 18.2. The van der Waals surface area contributed by atoms with E-state index in [1.807, 2.05) is 6.20 Å². The van der Waals surface area contributed by atoms with Crippen LogP contribution < -0.4 is 4.72 Å². The van der Waals surface area contributed by atoms with E-state index in [1.165, 1.54) is 12.1 Å². The third kappa shape index (κ3) is 3.30. The van der Waals surface area contributed by atoms with Crippen molar-refractivity contribution in [3.63, 3.8) is 0 Å². The number of nitrogens with one attached hydrogen (secondary N) is 1. The lowest BCUT2D eigenvalue weighted by Crippen LogP contribution is -2.33. The van der Waals surface area contributed by atoms with Crippen LogP contribution in [0.5, 0.6) is 0 Å². The maximum atomic E-state index is 12.4. The van der Waals surface area contributed by atoms with Crippen LogP contribution in [-0.4, -0.2) is 24.5 Å². The first kappa shape index (κ1) is 15.8. The van der Waals surface area contributed by atoms with Crippen molar-refractivity contribution in [2.45, 2.75) is 24.3 Å². The fourth-order valence-corrected chi connectivity index (χ4v) is 4.47. The Hall–Kier alpha value is -1.08. The molecule has 1 aromatic carbocycles. The molecule has 3 rings (SSSR count). The molecule has 1 atom stereocenters. The highest BCUT2D eigenvalue weighted by atomic mass is 35.5. The molecule has 0 radical (unpaired) electrons. The molecule has 2 heterocycles. The second-order valence-electron chi connectivity index (χ2n) is 5.33. The van der Waals surface area contributed by atoms with Crippen molar-refractivity contribution < 1.29 is 8.42 Å². The number of aryl methyl sites for hydroxylation is 1. The highest BCUT2D eigenvalue weighted by Gasteiger charge is 2.23. The third-order valence-corrected chi connectivity index (χ3v) is 5.92. The lowest BCUT2D eigenvalue weighted by atomic mass is 10.00. The molecule has 0 spiro atoms. The van der Waals surface area contributed by atoms with Crippen molar-refractivity contribution in [2.24, 2.45) is 5.92 Å². The first-order valence-electron chi connectivity index (χ1n) is 6.90. The number of nitrogens with zero attached hydrogens (tertiary/aromatic N) is 2. The van der Waals surface area contributed by atoms with Gasteiger partial charge in [0.25, 0.3) is 0 Å². The van der Waals surface area contributed by atoms with Crippen molar-refractivity contribution in [3.05, 3.63) is 46.5 Å². The zero-order chi connectivity index (χ0) is 15.7. The second-order valence-corrected chi connectivity index (χ2v) is 7.91. The number of sulfonamides is 1. The van der Waals surface area contributed by atoms with E-state index in [2.05, 4.69) is 14.3 Å². The van der Waals surface area contributed by atoms with Crippen LogP contribution in [0.1, 0.15) is 12.2 Å². The van der Waals surface area contributed by atoms with Gasteiger partial charge in [0.15, 0.2) is 0 Å². The minimum atomic E-state index is -3.67. The number of rotatable bonds is 4. The number of aromatic nitrogens is 2. The Morgan fingerprint density at radius 3 is 3.00 bits per heavy atom. The van der Waals surface area contributed by atoms with Gasteiger partial charge in [-0.3, -0.25) is 0 Å². The molecule has 0 fully saturated rings. The van der Waals surface area contributed by atoms with Gasteiger partial charge in [-0.25, -0.2) is 18.1 Å². The molecule has 1 aliphatic rings. The Balaban J connectivity index is 1.69. The fourth-order valence-electron chi connectivity index (χ4n) is 2.59. The molecule has 118 valence electrons. The van der Waals surface area contributed by atoms with Crippen LogP contribution in [0.4, 0.5) is 0 Å². The summed E-state index contributed by atoms with van der Waals surface area (Å²) < 4.78 is 29.4. The van der Waals surface area contributed by atoms with E-state index in [1.54, 1.807) is 12.3 Å².